The van der Waals surface area contributed by atoms with E-state index in [1.165, 1.54) is 13.2 Å². The first-order valence-electron chi connectivity index (χ1n) is 6.77. The maximum Gasteiger partial charge on any atom is 0.311 e. The first kappa shape index (κ1) is 15.5. The van der Waals surface area contributed by atoms with E-state index in [0.717, 1.165) is 12.2 Å². The molecule has 0 amide bonds. The van der Waals surface area contributed by atoms with Crippen LogP contribution in [0.1, 0.15) is 6.92 Å². The highest BCUT2D eigenvalue weighted by molar-refractivity contribution is 5.59. The van der Waals surface area contributed by atoms with Gasteiger partial charge >= 0.3 is 5.69 Å². The minimum atomic E-state index is -0.446. The number of hydrogen-bond acceptors (Lipinski definition) is 6. The number of ether oxygens (including phenoxy) is 3. The minimum Gasteiger partial charge on any atom is -0.490 e. The fourth-order valence-corrected chi connectivity index (χ4v) is 2.55. The molecule has 2 rings (SSSR count). The largest absolute Gasteiger partial charge is 0.490 e. The summed E-state index contributed by atoms with van der Waals surface area (Å²) in [6.07, 6.45) is 0.0556. The molecular formula is C14H20N2O5. The summed E-state index contributed by atoms with van der Waals surface area (Å²) in [5, 5.41) is 10.9. The van der Waals surface area contributed by atoms with Crippen LogP contribution in [0.2, 0.25) is 0 Å². The third-order valence-electron chi connectivity index (χ3n) is 3.40. The molecule has 1 aliphatic heterocycles. The van der Waals surface area contributed by atoms with Crippen molar-refractivity contribution in [2.75, 3.05) is 38.8 Å². The summed E-state index contributed by atoms with van der Waals surface area (Å²) >= 11 is 0. The van der Waals surface area contributed by atoms with E-state index in [-0.39, 0.29) is 23.6 Å². The Morgan fingerprint density at radius 3 is 2.81 bits per heavy atom. The molecule has 0 radical (unpaired) electrons. The molecule has 21 heavy (non-hydrogen) atoms. The van der Waals surface area contributed by atoms with Crippen molar-refractivity contribution < 1.29 is 19.1 Å². The van der Waals surface area contributed by atoms with Gasteiger partial charge in [0.15, 0.2) is 5.75 Å². The van der Waals surface area contributed by atoms with Crippen LogP contribution in [0.4, 0.5) is 11.4 Å². The second kappa shape index (κ2) is 6.73. The molecule has 0 spiro atoms. The van der Waals surface area contributed by atoms with Crippen molar-refractivity contribution in [3.8, 4) is 5.75 Å². The average Bonchev–Trinajstić information content (AvgIpc) is 2.46. The van der Waals surface area contributed by atoms with Crippen molar-refractivity contribution in [3.63, 3.8) is 0 Å². The van der Waals surface area contributed by atoms with Crippen molar-refractivity contribution in [1.82, 2.24) is 0 Å². The molecule has 1 saturated heterocycles. The maximum atomic E-state index is 10.9. The number of methoxy groups -OCH3 is 2. The van der Waals surface area contributed by atoms with Crippen LogP contribution in [-0.2, 0) is 9.47 Å². The van der Waals surface area contributed by atoms with Crippen molar-refractivity contribution in [2.24, 2.45) is 0 Å². The molecule has 116 valence electrons. The van der Waals surface area contributed by atoms with Gasteiger partial charge in [-0.2, -0.15) is 0 Å². The van der Waals surface area contributed by atoms with Gasteiger partial charge in [-0.15, -0.1) is 0 Å². The third kappa shape index (κ3) is 3.62. The van der Waals surface area contributed by atoms with Crippen LogP contribution in [0.5, 0.6) is 5.75 Å². The Labute approximate surface area is 123 Å². The second-order valence-electron chi connectivity index (χ2n) is 5.04. The predicted molar refractivity (Wildman–Crippen MR) is 78.1 cm³/mol. The smallest absolute Gasteiger partial charge is 0.311 e. The lowest BCUT2D eigenvalue weighted by Crippen LogP contribution is -2.48. The highest BCUT2D eigenvalue weighted by Gasteiger charge is 2.26. The van der Waals surface area contributed by atoms with E-state index >= 15 is 0 Å². The standard InChI is InChI=1S/C14H20N2O5/c1-10-7-15(8-12(21-10)9-19-2)11-4-5-13(16(17)18)14(6-11)20-3/h4-6,10,12H,7-9H2,1-3H3. The van der Waals surface area contributed by atoms with E-state index in [0.29, 0.717) is 13.2 Å². The number of anilines is 1. The Kier molecular flexibility index (Phi) is 4.98. The normalized spacial score (nSPS) is 22.1. The fourth-order valence-electron chi connectivity index (χ4n) is 2.55. The van der Waals surface area contributed by atoms with Gasteiger partial charge in [0, 0.05) is 38.0 Å². The molecule has 0 N–H and O–H groups in total. The van der Waals surface area contributed by atoms with Gasteiger partial charge in [-0.25, -0.2) is 0 Å². The molecule has 7 nitrogen and oxygen atoms in total. The zero-order valence-corrected chi connectivity index (χ0v) is 12.4. The molecule has 0 aliphatic carbocycles. The summed E-state index contributed by atoms with van der Waals surface area (Å²) in [5.41, 5.74) is 0.852. The third-order valence-corrected chi connectivity index (χ3v) is 3.40. The number of nitro benzene ring substituents is 1. The summed E-state index contributed by atoms with van der Waals surface area (Å²) in [5.74, 6) is 0.264. The van der Waals surface area contributed by atoms with Gasteiger partial charge in [-0.1, -0.05) is 0 Å². The molecule has 7 heteroatoms. The summed E-state index contributed by atoms with van der Waals surface area (Å²) in [6.45, 7) is 3.92. The van der Waals surface area contributed by atoms with Crippen LogP contribution in [-0.4, -0.2) is 51.0 Å². The molecule has 1 aromatic carbocycles. The number of hydrogen-bond donors (Lipinski definition) is 0. The molecule has 2 atom stereocenters. The van der Waals surface area contributed by atoms with Gasteiger partial charge < -0.3 is 19.1 Å². The Hall–Kier alpha value is -1.86. The van der Waals surface area contributed by atoms with Crippen molar-refractivity contribution in [1.29, 1.82) is 0 Å². The zero-order chi connectivity index (χ0) is 15.4. The van der Waals surface area contributed by atoms with Crippen LogP contribution >= 0.6 is 0 Å². The Bertz CT molecular complexity index is 508. The number of nitrogens with zero attached hydrogens (tertiary/aromatic N) is 2. The van der Waals surface area contributed by atoms with Gasteiger partial charge in [0.1, 0.15) is 0 Å². The van der Waals surface area contributed by atoms with Crippen LogP contribution in [0.3, 0.4) is 0 Å². The quantitative estimate of drug-likeness (QED) is 0.610. The van der Waals surface area contributed by atoms with Gasteiger partial charge in [0.25, 0.3) is 0 Å². The molecule has 1 aliphatic rings. The minimum absolute atomic E-state index is 0.0139. The molecular weight excluding hydrogens is 276 g/mol. The second-order valence-corrected chi connectivity index (χ2v) is 5.04. The molecule has 1 fully saturated rings. The van der Waals surface area contributed by atoms with Gasteiger partial charge in [0.2, 0.25) is 0 Å². The first-order chi connectivity index (χ1) is 10.0. The first-order valence-corrected chi connectivity index (χ1v) is 6.77. The van der Waals surface area contributed by atoms with Crippen molar-refractivity contribution in [3.05, 3.63) is 28.3 Å². The molecule has 1 heterocycles. The Morgan fingerprint density at radius 1 is 1.43 bits per heavy atom. The molecule has 2 unspecified atom stereocenters. The molecule has 1 aromatic rings. The van der Waals surface area contributed by atoms with E-state index in [1.807, 2.05) is 6.92 Å². The van der Waals surface area contributed by atoms with Gasteiger partial charge in [-0.3, -0.25) is 10.1 Å². The monoisotopic (exact) mass is 296 g/mol. The fraction of sp³-hybridized carbons (Fsp3) is 0.571. The van der Waals surface area contributed by atoms with Crippen LogP contribution < -0.4 is 9.64 Å². The van der Waals surface area contributed by atoms with Crippen LogP contribution in [0.15, 0.2) is 18.2 Å². The van der Waals surface area contributed by atoms with E-state index in [2.05, 4.69) is 4.90 Å². The maximum absolute atomic E-state index is 10.9. The van der Waals surface area contributed by atoms with Crippen LogP contribution in [0.25, 0.3) is 0 Å². The summed E-state index contributed by atoms with van der Waals surface area (Å²) in [4.78, 5) is 12.6. The number of morpholine rings is 1. The van der Waals surface area contributed by atoms with E-state index in [9.17, 15) is 10.1 Å². The van der Waals surface area contributed by atoms with E-state index in [1.54, 1.807) is 19.2 Å². The average molecular weight is 296 g/mol. The molecule has 0 saturated carbocycles. The van der Waals surface area contributed by atoms with Gasteiger partial charge in [0.05, 0.1) is 30.8 Å². The number of rotatable bonds is 5. The zero-order valence-electron chi connectivity index (χ0n) is 12.4. The lowest BCUT2D eigenvalue weighted by molar-refractivity contribution is -0.385. The topological polar surface area (TPSA) is 74.1 Å². The van der Waals surface area contributed by atoms with Gasteiger partial charge in [-0.05, 0) is 13.0 Å². The summed E-state index contributed by atoms with van der Waals surface area (Å²) < 4.78 is 16.0. The van der Waals surface area contributed by atoms with E-state index in [4.69, 9.17) is 14.2 Å². The highest BCUT2D eigenvalue weighted by atomic mass is 16.6. The summed E-state index contributed by atoms with van der Waals surface area (Å²) in [7, 11) is 3.07. The Balaban J connectivity index is 2.22. The number of nitro groups is 1. The van der Waals surface area contributed by atoms with Crippen molar-refractivity contribution >= 4 is 11.4 Å². The van der Waals surface area contributed by atoms with Crippen molar-refractivity contribution in [2.45, 2.75) is 19.1 Å². The van der Waals surface area contributed by atoms with E-state index < -0.39 is 4.92 Å². The summed E-state index contributed by atoms with van der Waals surface area (Å²) in [6, 6.07) is 4.90. The molecule has 0 bridgehead atoms. The lowest BCUT2D eigenvalue weighted by atomic mass is 10.1. The highest BCUT2D eigenvalue weighted by Crippen LogP contribution is 2.32. The lowest BCUT2D eigenvalue weighted by Gasteiger charge is -2.38. The SMILES string of the molecule is COCC1CN(c2ccc([N+](=O)[O-])c(OC)c2)CC(C)O1. The number of benzene rings is 1. The Morgan fingerprint density at radius 2 is 2.19 bits per heavy atom. The molecule has 0 aromatic heterocycles. The predicted octanol–water partition coefficient (Wildman–Crippen LogP) is 1.84. The van der Waals surface area contributed by atoms with Crippen LogP contribution in [0, 0.1) is 10.1 Å².